The number of pyridine rings is 1. The molecule has 0 spiro atoms. The van der Waals surface area contributed by atoms with Crippen molar-refractivity contribution < 1.29 is 4.79 Å². The fourth-order valence-corrected chi connectivity index (χ4v) is 4.16. The first-order chi connectivity index (χ1) is 14.5. The minimum atomic E-state index is -0.0764. The third-order valence-corrected chi connectivity index (χ3v) is 5.75. The van der Waals surface area contributed by atoms with Crippen LogP contribution in [0.3, 0.4) is 0 Å². The minimum Gasteiger partial charge on any atom is -0.353 e. The molecule has 1 aromatic carbocycles. The molecule has 1 amide bonds. The maximum absolute atomic E-state index is 12.6. The Kier molecular flexibility index (Phi) is 5.81. The number of benzene rings is 1. The van der Waals surface area contributed by atoms with Gasteiger partial charge in [-0.3, -0.25) is 9.78 Å². The summed E-state index contributed by atoms with van der Waals surface area (Å²) >= 11 is 5.65. The van der Waals surface area contributed by atoms with Gasteiger partial charge in [-0.2, -0.15) is 0 Å². The molecule has 154 valence electrons. The fourth-order valence-electron chi connectivity index (χ4n) is 3.83. The van der Waals surface area contributed by atoms with Gasteiger partial charge in [-0.1, -0.05) is 23.8 Å². The normalized spacial score (nSPS) is 18.3. The van der Waals surface area contributed by atoms with Crippen molar-refractivity contribution in [3.8, 4) is 0 Å². The third-order valence-electron chi connectivity index (χ3n) is 5.40. The summed E-state index contributed by atoms with van der Waals surface area (Å²) in [5.41, 5.74) is 4.01. The molecule has 2 atom stereocenters. The topological polar surface area (TPSA) is 62.2 Å². The number of anilines is 1. The molecule has 6 nitrogen and oxygen atoms in total. The molecule has 2 N–H and O–H groups in total. The van der Waals surface area contributed by atoms with Crippen LogP contribution in [0.25, 0.3) is 0 Å². The van der Waals surface area contributed by atoms with Crippen LogP contribution in [0.15, 0.2) is 67.0 Å². The number of hydrogen-bond donors (Lipinski definition) is 2. The first-order valence-corrected chi connectivity index (χ1v) is 10.4. The Bertz CT molecular complexity index is 1030. The number of carbonyl (C=O) groups is 1. The maximum Gasteiger partial charge on any atom is 0.226 e. The van der Waals surface area contributed by atoms with Gasteiger partial charge in [0.1, 0.15) is 0 Å². The lowest BCUT2D eigenvalue weighted by Crippen LogP contribution is -2.33. The lowest BCUT2D eigenvalue weighted by atomic mass is 10.0. The van der Waals surface area contributed by atoms with E-state index < -0.39 is 0 Å². The zero-order chi connectivity index (χ0) is 21.1. The standard InChI is InChI=1S/C23H25N5OS/c1-16-8-10-17(11-9-16)25-20(29)12-15-28-22(19-7-5-14-27(19)2)21(26-23(28)30)18-6-3-4-13-24-18/h3-11,13-14,21-22H,12,15H2,1-2H3,(H,25,29)(H,26,30)/t21-,22+/m1/s1. The van der Waals surface area contributed by atoms with Gasteiger partial charge in [0.25, 0.3) is 0 Å². The van der Waals surface area contributed by atoms with Crippen LogP contribution in [-0.4, -0.2) is 32.0 Å². The number of aromatic nitrogens is 2. The van der Waals surface area contributed by atoms with E-state index in [9.17, 15) is 4.79 Å². The number of nitrogens with one attached hydrogen (secondary N) is 2. The lowest BCUT2D eigenvalue weighted by Gasteiger charge is -2.28. The molecule has 0 bridgehead atoms. The summed E-state index contributed by atoms with van der Waals surface area (Å²) in [6.07, 6.45) is 4.15. The Morgan fingerprint density at radius 3 is 2.63 bits per heavy atom. The monoisotopic (exact) mass is 419 g/mol. The molecule has 3 heterocycles. The molecule has 3 aromatic rings. The Morgan fingerprint density at radius 2 is 1.97 bits per heavy atom. The smallest absolute Gasteiger partial charge is 0.226 e. The highest BCUT2D eigenvalue weighted by Crippen LogP contribution is 2.38. The zero-order valence-electron chi connectivity index (χ0n) is 17.1. The predicted molar refractivity (Wildman–Crippen MR) is 122 cm³/mol. The summed E-state index contributed by atoms with van der Waals surface area (Å²) in [7, 11) is 2.02. The van der Waals surface area contributed by atoms with Gasteiger partial charge < -0.3 is 20.1 Å². The number of amides is 1. The molecule has 7 heteroatoms. The first-order valence-electron chi connectivity index (χ1n) is 9.99. The summed E-state index contributed by atoms with van der Waals surface area (Å²) in [4.78, 5) is 19.2. The van der Waals surface area contributed by atoms with E-state index >= 15 is 0 Å². The largest absolute Gasteiger partial charge is 0.353 e. The molecule has 0 aliphatic carbocycles. The summed E-state index contributed by atoms with van der Waals surface area (Å²) in [5.74, 6) is -0.0337. The number of nitrogens with zero attached hydrogens (tertiary/aromatic N) is 3. The Morgan fingerprint density at radius 1 is 1.17 bits per heavy atom. The van der Waals surface area contributed by atoms with Crippen LogP contribution in [0, 0.1) is 6.92 Å². The van der Waals surface area contributed by atoms with Gasteiger partial charge in [-0.25, -0.2) is 0 Å². The van der Waals surface area contributed by atoms with E-state index in [1.165, 1.54) is 0 Å². The predicted octanol–water partition coefficient (Wildman–Crippen LogP) is 3.73. The maximum atomic E-state index is 12.6. The molecular formula is C23H25N5OS. The number of aryl methyl sites for hydroxylation is 2. The minimum absolute atomic E-state index is 0.0337. The molecule has 0 unspecified atom stereocenters. The average Bonchev–Trinajstić information content (AvgIpc) is 3.31. The van der Waals surface area contributed by atoms with Crippen LogP contribution in [0.1, 0.15) is 35.5 Å². The molecular weight excluding hydrogens is 394 g/mol. The van der Waals surface area contributed by atoms with E-state index in [4.69, 9.17) is 12.2 Å². The van der Waals surface area contributed by atoms with Gasteiger partial charge in [0.2, 0.25) is 5.91 Å². The van der Waals surface area contributed by atoms with Gasteiger partial charge in [0.05, 0.1) is 17.8 Å². The van der Waals surface area contributed by atoms with E-state index in [-0.39, 0.29) is 18.0 Å². The Labute approximate surface area is 181 Å². The second-order valence-corrected chi connectivity index (χ2v) is 7.91. The SMILES string of the molecule is Cc1ccc(NC(=O)CCN2C(=S)N[C@H](c3ccccn3)[C@@H]2c2cccn2C)cc1. The highest BCUT2D eigenvalue weighted by molar-refractivity contribution is 7.80. The summed E-state index contributed by atoms with van der Waals surface area (Å²) in [6.45, 7) is 2.54. The van der Waals surface area contributed by atoms with Crippen LogP contribution in [0.2, 0.25) is 0 Å². The Balaban J connectivity index is 1.52. The van der Waals surface area contributed by atoms with E-state index in [0.29, 0.717) is 18.1 Å². The molecule has 30 heavy (non-hydrogen) atoms. The van der Waals surface area contributed by atoms with Gasteiger partial charge in [0, 0.05) is 43.8 Å². The summed E-state index contributed by atoms with van der Waals surface area (Å²) in [6, 6.07) is 17.7. The number of hydrogen-bond acceptors (Lipinski definition) is 3. The Hall–Kier alpha value is -3.19. The highest BCUT2D eigenvalue weighted by Gasteiger charge is 2.40. The van der Waals surface area contributed by atoms with Crippen LogP contribution in [0.5, 0.6) is 0 Å². The van der Waals surface area contributed by atoms with Crippen LogP contribution in [-0.2, 0) is 11.8 Å². The van der Waals surface area contributed by atoms with Crippen molar-refractivity contribution in [2.45, 2.75) is 25.4 Å². The fraction of sp³-hybridized carbons (Fsp3) is 0.261. The molecule has 2 aromatic heterocycles. The van der Waals surface area contributed by atoms with Crippen molar-refractivity contribution in [2.24, 2.45) is 7.05 Å². The van der Waals surface area contributed by atoms with Crippen LogP contribution >= 0.6 is 12.2 Å². The van der Waals surface area contributed by atoms with E-state index in [0.717, 1.165) is 22.6 Å². The molecule has 0 radical (unpaired) electrons. The summed E-state index contributed by atoms with van der Waals surface area (Å²) in [5, 5.41) is 7.02. The van der Waals surface area contributed by atoms with Crippen molar-refractivity contribution >= 4 is 28.9 Å². The average molecular weight is 420 g/mol. The van der Waals surface area contributed by atoms with Crippen molar-refractivity contribution in [3.05, 3.63) is 83.9 Å². The van der Waals surface area contributed by atoms with Crippen molar-refractivity contribution in [2.75, 3.05) is 11.9 Å². The van der Waals surface area contributed by atoms with Gasteiger partial charge in [-0.05, 0) is 55.5 Å². The lowest BCUT2D eigenvalue weighted by molar-refractivity contribution is -0.116. The van der Waals surface area contributed by atoms with Crippen molar-refractivity contribution in [1.82, 2.24) is 19.8 Å². The molecule has 1 saturated heterocycles. The molecule has 1 aliphatic rings. The van der Waals surface area contributed by atoms with Gasteiger partial charge >= 0.3 is 0 Å². The van der Waals surface area contributed by atoms with Gasteiger partial charge in [-0.15, -0.1) is 0 Å². The second kappa shape index (κ2) is 8.67. The first kappa shape index (κ1) is 20.1. The number of thiocarbonyl (C=S) groups is 1. The van der Waals surface area contributed by atoms with Crippen molar-refractivity contribution in [1.29, 1.82) is 0 Å². The third kappa shape index (κ3) is 4.21. The molecule has 0 saturated carbocycles. The van der Waals surface area contributed by atoms with E-state index in [1.54, 1.807) is 6.20 Å². The zero-order valence-corrected chi connectivity index (χ0v) is 17.9. The van der Waals surface area contributed by atoms with Gasteiger partial charge in [0.15, 0.2) is 5.11 Å². The number of carbonyl (C=O) groups excluding carboxylic acids is 1. The summed E-state index contributed by atoms with van der Waals surface area (Å²) < 4.78 is 2.09. The van der Waals surface area contributed by atoms with Crippen LogP contribution < -0.4 is 10.6 Å². The van der Waals surface area contributed by atoms with E-state index in [1.807, 2.05) is 68.7 Å². The molecule has 1 aliphatic heterocycles. The van der Waals surface area contributed by atoms with Crippen molar-refractivity contribution in [3.63, 3.8) is 0 Å². The van der Waals surface area contributed by atoms with Crippen LogP contribution in [0.4, 0.5) is 5.69 Å². The number of rotatable bonds is 6. The second-order valence-electron chi connectivity index (χ2n) is 7.53. The molecule has 4 rings (SSSR count). The molecule has 1 fully saturated rings. The quantitative estimate of drug-likeness (QED) is 0.596. The van der Waals surface area contributed by atoms with E-state index in [2.05, 4.69) is 31.2 Å². The highest BCUT2D eigenvalue weighted by atomic mass is 32.1.